The summed E-state index contributed by atoms with van der Waals surface area (Å²) >= 11 is 0. The van der Waals surface area contributed by atoms with Gasteiger partial charge in [0.05, 0.1) is 11.3 Å². The van der Waals surface area contributed by atoms with E-state index in [1.54, 1.807) is 0 Å². The van der Waals surface area contributed by atoms with Crippen LogP contribution >= 0.6 is 0 Å². The van der Waals surface area contributed by atoms with E-state index in [1.807, 2.05) is 48.8 Å². The highest BCUT2D eigenvalue weighted by molar-refractivity contribution is 5.95. The summed E-state index contributed by atoms with van der Waals surface area (Å²) in [6.07, 6.45) is 1.72. The topological polar surface area (TPSA) is 56.8 Å². The summed E-state index contributed by atoms with van der Waals surface area (Å²) < 4.78 is 0. The van der Waals surface area contributed by atoms with Gasteiger partial charge >= 0.3 is 0 Å². The van der Waals surface area contributed by atoms with Gasteiger partial charge in [-0.15, -0.1) is 0 Å². The summed E-state index contributed by atoms with van der Waals surface area (Å²) in [4.78, 5) is 36.9. The fourth-order valence-corrected chi connectivity index (χ4v) is 4.78. The zero-order chi connectivity index (χ0) is 22.7. The Bertz CT molecular complexity index is 944. The van der Waals surface area contributed by atoms with Gasteiger partial charge < -0.3 is 14.7 Å². The van der Waals surface area contributed by atoms with Crippen LogP contribution in [0.2, 0.25) is 0 Å². The minimum Gasteiger partial charge on any atom is -0.368 e. The second-order valence-electron chi connectivity index (χ2n) is 9.25. The number of aryl methyl sites for hydroxylation is 1. The van der Waals surface area contributed by atoms with Crippen LogP contribution in [-0.2, 0) is 4.79 Å². The van der Waals surface area contributed by atoms with Crippen LogP contribution in [0.4, 0.5) is 5.69 Å². The van der Waals surface area contributed by atoms with E-state index in [0.717, 1.165) is 56.0 Å². The molecule has 2 aliphatic rings. The van der Waals surface area contributed by atoms with Gasteiger partial charge in [-0.05, 0) is 44.0 Å². The van der Waals surface area contributed by atoms with E-state index in [0.29, 0.717) is 13.1 Å². The van der Waals surface area contributed by atoms with Crippen LogP contribution in [0.25, 0.3) is 0 Å². The number of amides is 2. The quantitative estimate of drug-likeness (QED) is 0.736. The standard InChI is InChI=1S/C26H34N4O2/c1-19(2)25(31)29-13-11-21(12-14-29)24-23(10-9-20(3)27-24)26(32)30-17-15-28(16-18-30)22-7-5-4-6-8-22/h4-10,19,21H,11-18H2,1-3H3. The van der Waals surface area contributed by atoms with Crippen LogP contribution in [0.1, 0.15) is 54.4 Å². The third kappa shape index (κ3) is 4.79. The van der Waals surface area contributed by atoms with Gasteiger partial charge in [-0.1, -0.05) is 32.0 Å². The number of anilines is 1. The van der Waals surface area contributed by atoms with Crippen LogP contribution in [0.5, 0.6) is 0 Å². The number of hydrogen-bond donors (Lipinski definition) is 0. The average Bonchev–Trinajstić information content (AvgIpc) is 2.84. The minimum absolute atomic E-state index is 0.0235. The molecule has 0 saturated carbocycles. The first kappa shape index (κ1) is 22.3. The third-order valence-corrected chi connectivity index (χ3v) is 6.67. The van der Waals surface area contributed by atoms with Crippen molar-refractivity contribution in [2.75, 3.05) is 44.2 Å². The number of aromatic nitrogens is 1. The number of para-hydroxylation sites is 1. The van der Waals surface area contributed by atoms with E-state index < -0.39 is 0 Å². The Morgan fingerprint density at radius 2 is 1.53 bits per heavy atom. The fourth-order valence-electron chi connectivity index (χ4n) is 4.78. The van der Waals surface area contributed by atoms with Gasteiger partial charge in [-0.3, -0.25) is 14.6 Å². The van der Waals surface area contributed by atoms with Crippen molar-refractivity contribution >= 4 is 17.5 Å². The van der Waals surface area contributed by atoms with Crippen molar-refractivity contribution in [3.8, 4) is 0 Å². The Balaban J connectivity index is 1.44. The Morgan fingerprint density at radius 3 is 2.16 bits per heavy atom. The number of carbonyl (C=O) groups is 2. The molecule has 2 aliphatic heterocycles. The monoisotopic (exact) mass is 434 g/mol. The highest BCUT2D eigenvalue weighted by atomic mass is 16.2. The molecular weight excluding hydrogens is 400 g/mol. The first-order valence-corrected chi connectivity index (χ1v) is 11.8. The van der Waals surface area contributed by atoms with Gasteiger partial charge in [0.15, 0.2) is 0 Å². The first-order chi connectivity index (χ1) is 15.4. The lowest BCUT2D eigenvalue weighted by molar-refractivity contribution is -0.135. The molecular formula is C26H34N4O2. The van der Waals surface area contributed by atoms with E-state index in [1.165, 1.54) is 5.69 Å². The van der Waals surface area contributed by atoms with Gasteiger partial charge in [0, 0.05) is 62.5 Å². The molecule has 0 unspecified atom stereocenters. The molecule has 1 aromatic carbocycles. The molecule has 2 aromatic rings. The van der Waals surface area contributed by atoms with E-state index in [2.05, 4.69) is 29.2 Å². The Kier molecular flexibility index (Phi) is 6.77. The number of benzene rings is 1. The predicted molar refractivity (Wildman–Crippen MR) is 127 cm³/mol. The van der Waals surface area contributed by atoms with Crippen molar-refractivity contribution in [1.29, 1.82) is 0 Å². The fraction of sp³-hybridized carbons (Fsp3) is 0.500. The molecule has 0 radical (unpaired) electrons. The van der Waals surface area contributed by atoms with E-state index in [9.17, 15) is 9.59 Å². The predicted octanol–water partition coefficient (Wildman–Crippen LogP) is 3.71. The number of hydrogen-bond acceptors (Lipinski definition) is 4. The molecule has 2 fully saturated rings. The second-order valence-corrected chi connectivity index (χ2v) is 9.25. The van der Waals surface area contributed by atoms with E-state index >= 15 is 0 Å². The number of rotatable bonds is 4. The molecule has 0 aliphatic carbocycles. The lowest BCUT2D eigenvalue weighted by Gasteiger charge is -2.37. The maximum atomic E-state index is 13.5. The molecule has 6 nitrogen and oxygen atoms in total. The van der Waals surface area contributed by atoms with Crippen LogP contribution in [-0.4, -0.2) is 65.9 Å². The van der Waals surface area contributed by atoms with Crippen molar-refractivity contribution in [3.63, 3.8) is 0 Å². The van der Waals surface area contributed by atoms with Gasteiger partial charge in [-0.25, -0.2) is 0 Å². The van der Waals surface area contributed by atoms with Crippen molar-refractivity contribution < 1.29 is 9.59 Å². The zero-order valence-electron chi connectivity index (χ0n) is 19.5. The Morgan fingerprint density at radius 1 is 0.875 bits per heavy atom. The highest BCUT2D eigenvalue weighted by Gasteiger charge is 2.30. The lowest BCUT2D eigenvalue weighted by Crippen LogP contribution is -2.49. The van der Waals surface area contributed by atoms with Crippen molar-refractivity contribution in [2.45, 2.75) is 39.5 Å². The molecule has 3 heterocycles. The molecule has 6 heteroatoms. The molecule has 0 atom stereocenters. The Hall–Kier alpha value is -2.89. The normalized spacial score (nSPS) is 17.7. The molecule has 2 amide bonds. The number of piperazine rings is 1. The number of pyridine rings is 1. The molecule has 1 aromatic heterocycles. The zero-order valence-corrected chi connectivity index (χ0v) is 19.5. The molecule has 0 N–H and O–H groups in total. The van der Waals surface area contributed by atoms with Crippen molar-refractivity contribution in [3.05, 3.63) is 59.4 Å². The second kappa shape index (κ2) is 9.72. The molecule has 2 saturated heterocycles. The van der Waals surface area contributed by atoms with Crippen LogP contribution in [0.3, 0.4) is 0 Å². The molecule has 0 spiro atoms. The van der Waals surface area contributed by atoms with Gasteiger partial charge in [0.2, 0.25) is 5.91 Å². The maximum absolute atomic E-state index is 13.5. The van der Waals surface area contributed by atoms with Crippen LogP contribution in [0, 0.1) is 12.8 Å². The molecule has 4 rings (SSSR count). The van der Waals surface area contributed by atoms with Crippen LogP contribution in [0.15, 0.2) is 42.5 Å². The van der Waals surface area contributed by atoms with Gasteiger partial charge in [0.25, 0.3) is 5.91 Å². The van der Waals surface area contributed by atoms with E-state index in [-0.39, 0.29) is 23.7 Å². The molecule has 32 heavy (non-hydrogen) atoms. The Labute approximate surface area is 191 Å². The molecule has 170 valence electrons. The van der Waals surface area contributed by atoms with Gasteiger partial charge in [0.1, 0.15) is 0 Å². The largest absolute Gasteiger partial charge is 0.368 e. The first-order valence-electron chi connectivity index (χ1n) is 11.8. The van der Waals surface area contributed by atoms with Crippen LogP contribution < -0.4 is 4.90 Å². The van der Waals surface area contributed by atoms with Gasteiger partial charge in [-0.2, -0.15) is 0 Å². The number of carbonyl (C=O) groups excluding carboxylic acids is 2. The maximum Gasteiger partial charge on any atom is 0.255 e. The van der Waals surface area contributed by atoms with Crippen molar-refractivity contribution in [2.24, 2.45) is 5.92 Å². The summed E-state index contributed by atoms with van der Waals surface area (Å²) in [6.45, 7) is 10.4. The number of piperidine rings is 1. The molecule has 0 bridgehead atoms. The summed E-state index contributed by atoms with van der Waals surface area (Å²) in [6, 6.07) is 14.3. The van der Waals surface area contributed by atoms with E-state index in [4.69, 9.17) is 4.98 Å². The average molecular weight is 435 g/mol. The summed E-state index contributed by atoms with van der Waals surface area (Å²) in [7, 11) is 0. The smallest absolute Gasteiger partial charge is 0.255 e. The number of nitrogens with zero attached hydrogens (tertiary/aromatic N) is 4. The highest BCUT2D eigenvalue weighted by Crippen LogP contribution is 2.31. The lowest BCUT2D eigenvalue weighted by atomic mass is 9.89. The summed E-state index contributed by atoms with van der Waals surface area (Å²) in [5.74, 6) is 0.542. The number of likely N-dealkylation sites (tertiary alicyclic amines) is 1. The van der Waals surface area contributed by atoms with Crippen molar-refractivity contribution in [1.82, 2.24) is 14.8 Å². The third-order valence-electron chi connectivity index (χ3n) is 6.67. The SMILES string of the molecule is Cc1ccc(C(=O)N2CCN(c3ccccc3)CC2)c(C2CCN(C(=O)C(C)C)CC2)n1. The summed E-state index contributed by atoms with van der Waals surface area (Å²) in [5.41, 5.74) is 3.79. The summed E-state index contributed by atoms with van der Waals surface area (Å²) in [5, 5.41) is 0. The minimum atomic E-state index is 0.0235.